The highest BCUT2D eigenvalue weighted by molar-refractivity contribution is 7.09. The molecular formula is C19H17N5S. The molecule has 0 fully saturated rings. The van der Waals surface area contributed by atoms with Crippen molar-refractivity contribution in [2.75, 3.05) is 5.73 Å². The molecule has 0 aliphatic carbocycles. The Bertz CT molecular complexity index is 1030. The zero-order valence-electron chi connectivity index (χ0n) is 13.8. The lowest BCUT2D eigenvalue weighted by atomic mass is 10.0. The molecule has 0 amide bonds. The second-order valence-corrected chi connectivity index (χ2v) is 6.81. The molecule has 4 heterocycles. The Morgan fingerprint density at radius 3 is 2.84 bits per heavy atom. The second kappa shape index (κ2) is 6.57. The van der Waals surface area contributed by atoms with Crippen LogP contribution in [-0.2, 0) is 12.8 Å². The van der Waals surface area contributed by atoms with Crippen LogP contribution in [0.2, 0.25) is 0 Å². The van der Waals surface area contributed by atoms with Gasteiger partial charge in [-0.05, 0) is 35.7 Å². The molecule has 0 saturated carbocycles. The van der Waals surface area contributed by atoms with Crippen LogP contribution >= 0.6 is 11.3 Å². The highest BCUT2D eigenvalue weighted by Gasteiger charge is 2.11. The first-order valence-electron chi connectivity index (χ1n) is 8.10. The molecule has 0 radical (unpaired) electrons. The van der Waals surface area contributed by atoms with E-state index < -0.39 is 0 Å². The summed E-state index contributed by atoms with van der Waals surface area (Å²) in [4.78, 5) is 18.9. The van der Waals surface area contributed by atoms with E-state index in [0.29, 0.717) is 5.69 Å². The molecule has 5 nitrogen and oxygen atoms in total. The normalized spacial score (nSPS) is 11.1. The van der Waals surface area contributed by atoms with E-state index in [1.807, 2.05) is 42.4 Å². The van der Waals surface area contributed by atoms with Gasteiger partial charge < -0.3 is 5.73 Å². The first kappa shape index (κ1) is 15.7. The van der Waals surface area contributed by atoms with Crippen molar-refractivity contribution >= 4 is 28.1 Å². The van der Waals surface area contributed by atoms with E-state index >= 15 is 0 Å². The third kappa shape index (κ3) is 3.08. The third-order valence-electron chi connectivity index (χ3n) is 4.16. The van der Waals surface area contributed by atoms with Crippen molar-refractivity contribution in [2.45, 2.75) is 19.8 Å². The van der Waals surface area contributed by atoms with Gasteiger partial charge in [-0.3, -0.25) is 15.0 Å². The Morgan fingerprint density at radius 1 is 1.12 bits per heavy atom. The van der Waals surface area contributed by atoms with Crippen LogP contribution in [-0.4, -0.2) is 19.9 Å². The quantitative estimate of drug-likeness (QED) is 0.606. The predicted molar refractivity (Wildman–Crippen MR) is 101 cm³/mol. The van der Waals surface area contributed by atoms with Crippen LogP contribution in [0.4, 0.5) is 5.69 Å². The zero-order chi connectivity index (χ0) is 17.2. The number of hydrogen-bond donors (Lipinski definition) is 1. The lowest BCUT2D eigenvalue weighted by molar-refractivity contribution is 1.11. The van der Waals surface area contributed by atoms with Crippen molar-refractivity contribution in [2.24, 2.45) is 0 Å². The Hall–Kier alpha value is -2.86. The fourth-order valence-corrected chi connectivity index (χ4v) is 3.54. The lowest BCUT2D eigenvalue weighted by Gasteiger charge is -2.10. The minimum Gasteiger partial charge on any atom is -0.397 e. The molecule has 0 unspecified atom stereocenters. The second-order valence-electron chi connectivity index (χ2n) is 5.84. The average Bonchev–Trinajstić information content (AvgIpc) is 3.14. The molecule has 4 rings (SSSR count). The van der Waals surface area contributed by atoms with Crippen LogP contribution in [0.5, 0.6) is 0 Å². The SMILES string of the molecule is CCc1ccncc1-c1cc(N)c2ncc(Cc3cncs3)cc2n1. The first-order valence-corrected chi connectivity index (χ1v) is 8.98. The molecule has 2 N–H and O–H groups in total. The van der Waals surface area contributed by atoms with Gasteiger partial charge in [0.25, 0.3) is 0 Å². The summed E-state index contributed by atoms with van der Waals surface area (Å²) in [5.74, 6) is 0. The summed E-state index contributed by atoms with van der Waals surface area (Å²) in [6, 6.07) is 5.97. The topological polar surface area (TPSA) is 77.6 Å². The van der Waals surface area contributed by atoms with Gasteiger partial charge in [-0.25, -0.2) is 4.98 Å². The number of aryl methyl sites for hydroxylation is 1. The van der Waals surface area contributed by atoms with Gasteiger partial charge in [-0.2, -0.15) is 0 Å². The fraction of sp³-hybridized carbons (Fsp3) is 0.158. The fourth-order valence-electron chi connectivity index (χ4n) is 2.91. The van der Waals surface area contributed by atoms with E-state index in [1.54, 1.807) is 11.3 Å². The summed E-state index contributed by atoms with van der Waals surface area (Å²) >= 11 is 1.64. The molecule has 0 aliphatic rings. The summed E-state index contributed by atoms with van der Waals surface area (Å²) in [5.41, 5.74) is 14.4. The predicted octanol–water partition coefficient (Wildman–Crippen LogP) is 3.88. The monoisotopic (exact) mass is 347 g/mol. The highest BCUT2D eigenvalue weighted by Crippen LogP contribution is 2.28. The van der Waals surface area contributed by atoms with E-state index in [9.17, 15) is 0 Å². The number of aromatic nitrogens is 4. The van der Waals surface area contributed by atoms with Crippen LogP contribution in [0, 0.1) is 0 Å². The average molecular weight is 347 g/mol. The maximum absolute atomic E-state index is 6.24. The molecule has 4 aromatic rings. The van der Waals surface area contributed by atoms with Gasteiger partial charge in [0.15, 0.2) is 0 Å². The van der Waals surface area contributed by atoms with Crippen molar-refractivity contribution in [3.8, 4) is 11.3 Å². The van der Waals surface area contributed by atoms with E-state index in [2.05, 4.69) is 27.9 Å². The van der Waals surface area contributed by atoms with Crippen LogP contribution in [0.25, 0.3) is 22.3 Å². The Labute approximate surface area is 149 Å². The standard InChI is InChI=1S/C19H17N5S/c1-2-13-3-4-21-10-15(13)17-7-16(20)19-18(24-17)6-12(8-23-19)5-14-9-22-11-25-14/h3-4,6-11H,2,5H2,1H3,(H2,20,24). The van der Waals surface area contributed by atoms with Crippen LogP contribution in [0.1, 0.15) is 22.9 Å². The molecule has 0 atom stereocenters. The van der Waals surface area contributed by atoms with Crippen LogP contribution in [0.3, 0.4) is 0 Å². The molecule has 124 valence electrons. The number of nitrogens with two attached hydrogens (primary N) is 1. The van der Waals surface area contributed by atoms with Gasteiger partial charge >= 0.3 is 0 Å². The lowest BCUT2D eigenvalue weighted by Crippen LogP contribution is -1.98. The van der Waals surface area contributed by atoms with Crippen molar-refractivity contribution in [3.63, 3.8) is 0 Å². The molecule has 6 heteroatoms. The molecule has 0 spiro atoms. The summed E-state index contributed by atoms with van der Waals surface area (Å²) in [6.07, 6.45) is 9.12. The van der Waals surface area contributed by atoms with Gasteiger partial charge in [0, 0.05) is 41.6 Å². The first-order chi connectivity index (χ1) is 12.2. The van der Waals surface area contributed by atoms with Crippen LogP contribution < -0.4 is 5.73 Å². The number of pyridine rings is 3. The molecule has 0 bridgehead atoms. The number of hydrogen-bond acceptors (Lipinski definition) is 6. The summed E-state index contributed by atoms with van der Waals surface area (Å²) in [6.45, 7) is 2.12. The largest absolute Gasteiger partial charge is 0.397 e. The zero-order valence-corrected chi connectivity index (χ0v) is 14.6. The maximum atomic E-state index is 6.24. The number of anilines is 1. The molecular weight excluding hydrogens is 330 g/mol. The van der Waals surface area contributed by atoms with E-state index in [-0.39, 0.29) is 0 Å². The minimum atomic E-state index is 0.634. The van der Waals surface area contributed by atoms with Gasteiger partial charge in [-0.15, -0.1) is 11.3 Å². The van der Waals surface area contributed by atoms with Gasteiger partial charge in [0.1, 0.15) is 5.52 Å². The summed E-state index contributed by atoms with van der Waals surface area (Å²) in [7, 11) is 0. The third-order valence-corrected chi connectivity index (χ3v) is 4.94. The minimum absolute atomic E-state index is 0.634. The highest BCUT2D eigenvalue weighted by atomic mass is 32.1. The number of thiazole rings is 1. The summed E-state index contributed by atoms with van der Waals surface area (Å²) < 4.78 is 0. The Kier molecular flexibility index (Phi) is 4.11. The number of rotatable bonds is 4. The van der Waals surface area contributed by atoms with Crippen molar-refractivity contribution in [3.05, 3.63) is 64.5 Å². The Morgan fingerprint density at radius 2 is 2.04 bits per heavy atom. The molecule has 4 aromatic heterocycles. The molecule has 25 heavy (non-hydrogen) atoms. The van der Waals surface area contributed by atoms with Crippen LogP contribution in [0.15, 0.2) is 48.5 Å². The number of fused-ring (bicyclic) bond motifs is 1. The van der Waals surface area contributed by atoms with Gasteiger partial charge in [-0.1, -0.05) is 6.92 Å². The van der Waals surface area contributed by atoms with Crippen molar-refractivity contribution in [1.29, 1.82) is 0 Å². The molecule has 0 saturated heterocycles. The van der Waals surface area contributed by atoms with E-state index in [0.717, 1.165) is 40.7 Å². The Balaban J connectivity index is 1.81. The van der Waals surface area contributed by atoms with Crippen molar-refractivity contribution < 1.29 is 0 Å². The maximum Gasteiger partial charge on any atom is 0.112 e. The van der Waals surface area contributed by atoms with Crippen molar-refractivity contribution in [1.82, 2.24) is 19.9 Å². The molecule has 0 aromatic carbocycles. The van der Waals surface area contributed by atoms with Gasteiger partial charge in [0.05, 0.1) is 22.4 Å². The van der Waals surface area contributed by atoms with Gasteiger partial charge in [0.2, 0.25) is 0 Å². The van der Waals surface area contributed by atoms with E-state index in [4.69, 9.17) is 10.7 Å². The van der Waals surface area contributed by atoms with E-state index in [1.165, 1.54) is 10.4 Å². The number of nitrogen functional groups attached to an aromatic ring is 1. The summed E-state index contributed by atoms with van der Waals surface area (Å²) in [5, 5.41) is 0. The number of nitrogens with zero attached hydrogens (tertiary/aromatic N) is 4. The smallest absolute Gasteiger partial charge is 0.112 e. The molecule has 0 aliphatic heterocycles.